The number of hydrogen-bond donors (Lipinski definition) is 3. The van der Waals surface area contributed by atoms with Crippen molar-refractivity contribution >= 4 is 23.6 Å². The number of benzene rings is 3. The van der Waals surface area contributed by atoms with Gasteiger partial charge in [-0.2, -0.15) is 0 Å². The predicted octanol–water partition coefficient (Wildman–Crippen LogP) is 7.15. The van der Waals surface area contributed by atoms with Crippen LogP contribution in [0.5, 0.6) is 5.75 Å². The molecule has 236 valence electrons. The lowest BCUT2D eigenvalue weighted by Crippen LogP contribution is -2.59. The lowest BCUT2D eigenvalue weighted by Gasteiger charge is -2.45. The zero-order chi connectivity index (χ0) is 32.8. The molecule has 0 aromatic heterocycles. The molecule has 2 unspecified atom stereocenters. The molecule has 3 rings (SSSR count). The summed E-state index contributed by atoms with van der Waals surface area (Å²) in [6.45, 7) is 16.9. The number of rotatable bonds is 10. The maximum absolute atomic E-state index is 14.9. The summed E-state index contributed by atoms with van der Waals surface area (Å²) in [5, 5.41) is 15.7. The van der Waals surface area contributed by atoms with Gasteiger partial charge in [-0.15, -0.1) is 0 Å². The maximum Gasteiger partial charge on any atom is 0.408 e. The number of amides is 3. The van der Waals surface area contributed by atoms with E-state index in [-0.39, 0.29) is 18.1 Å². The molecule has 2 atom stereocenters. The Labute approximate surface area is 261 Å². The molecule has 0 heterocycles. The van der Waals surface area contributed by atoms with E-state index >= 15 is 0 Å². The van der Waals surface area contributed by atoms with Crippen molar-refractivity contribution in [3.63, 3.8) is 0 Å². The van der Waals surface area contributed by atoms with E-state index in [4.69, 9.17) is 4.74 Å². The van der Waals surface area contributed by atoms with E-state index in [1.165, 1.54) is 12.1 Å². The largest absolute Gasteiger partial charge is 0.508 e. The number of alkyl carbamates (subject to hydrolysis) is 1. The minimum atomic E-state index is -1.07. The van der Waals surface area contributed by atoms with E-state index in [0.29, 0.717) is 17.7 Å². The van der Waals surface area contributed by atoms with Crippen LogP contribution in [0.3, 0.4) is 0 Å². The summed E-state index contributed by atoms with van der Waals surface area (Å²) in [5.41, 5.74) is 3.28. The molecule has 3 aromatic rings. The smallest absolute Gasteiger partial charge is 0.408 e. The molecule has 44 heavy (non-hydrogen) atoms. The summed E-state index contributed by atoms with van der Waals surface area (Å²) in [4.78, 5) is 44.0. The Kier molecular flexibility index (Phi) is 10.8. The SMILES string of the molecule is CCC(C)(C)N(C(=O)C(Cc1ccc(O)cc1)NC(=O)OC(C)(C)C)C(C(=O)Nc1ccccc1C)c1ccc(C)cc1C. The summed E-state index contributed by atoms with van der Waals surface area (Å²) in [7, 11) is 0. The first-order valence-electron chi connectivity index (χ1n) is 15.1. The second kappa shape index (κ2) is 14.0. The normalized spacial score (nSPS) is 13.0. The van der Waals surface area contributed by atoms with Gasteiger partial charge in [-0.05, 0) is 102 Å². The van der Waals surface area contributed by atoms with Gasteiger partial charge < -0.3 is 25.4 Å². The van der Waals surface area contributed by atoms with Gasteiger partial charge in [0.1, 0.15) is 23.4 Å². The number of nitrogens with zero attached hydrogens (tertiary/aromatic N) is 1. The fourth-order valence-electron chi connectivity index (χ4n) is 5.08. The summed E-state index contributed by atoms with van der Waals surface area (Å²) < 4.78 is 5.54. The number of anilines is 1. The Hall–Kier alpha value is -4.33. The quantitative estimate of drug-likeness (QED) is 0.229. The first kappa shape index (κ1) is 34.2. The number of phenols is 1. The Balaban J connectivity index is 2.19. The van der Waals surface area contributed by atoms with Crippen molar-refractivity contribution in [2.24, 2.45) is 0 Å². The standard InChI is InChI=1S/C36H47N3O5/c1-10-36(8,9)39(33(42)30(38-34(43)44-35(5,6)7)22-26-16-18-27(40)19-17-26)31(28-20-15-23(2)21-25(28)4)32(41)37-29-14-12-11-13-24(29)3/h11-21,30-31,40H,10,22H2,1-9H3,(H,37,41)(H,38,43). The van der Waals surface area contributed by atoms with Gasteiger partial charge in [0.2, 0.25) is 5.91 Å². The zero-order valence-electron chi connectivity index (χ0n) is 27.4. The van der Waals surface area contributed by atoms with Gasteiger partial charge in [0.25, 0.3) is 5.91 Å². The summed E-state index contributed by atoms with van der Waals surface area (Å²) in [5.74, 6) is -0.698. The summed E-state index contributed by atoms with van der Waals surface area (Å²) in [6.07, 6.45) is -0.0830. The number of aryl methyl sites for hydroxylation is 3. The van der Waals surface area contributed by atoms with Crippen LogP contribution >= 0.6 is 0 Å². The van der Waals surface area contributed by atoms with E-state index in [2.05, 4.69) is 10.6 Å². The van der Waals surface area contributed by atoms with Crippen LogP contribution in [-0.2, 0) is 20.7 Å². The number of carbonyl (C=O) groups is 3. The predicted molar refractivity (Wildman–Crippen MR) is 175 cm³/mol. The minimum Gasteiger partial charge on any atom is -0.508 e. The van der Waals surface area contributed by atoms with Crippen molar-refractivity contribution in [3.05, 3.63) is 94.5 Å². The number of para-hydroxylation sites is 1. The van der Waals surface area contributed by atoms with Crippen LogP contribution in [0.1, 0.15) is 81.8 Å². The van der Waals surface area contributed by atoms with Crippen LogP contribution in [0.25, 0.3) is 0 Å². The minimum absolute atomic E-state index is 0.0910. The monoisotopic (exact) mass is 601 g/mol. The fourth-order valence-corrected chi connectivity index (χ4v) is 5.08. The topological polar surface area (TPSA) is 108 Å². The molecule has 0 radical (unpaired) electrons. The highest BCUT2D eigenvalue weighted by Gasteiger charge is 2.43. The molecular weight excluding hydrogens is 554 g/mol. The third kappa shape index (κ3) is 8.85. The van der Waals surface area contributed by atoms with Crippen molar-refractivity contribution in [1.29, 1.82) is 0 Å². The molecule has 0 fully saturated rings. The maximum atomic E-state index is 14.9. The number of phenolic OH excluding ortho intramolecular Hbond substituents is 1. The molecule has 0 spiro atoms. The molecule has 8 heteroatoms. The number of ether oxygens (including phenoxy) is 1. The molecule has 3 amide bonds. The van der Waals surface area contributed by atoms with Gasteiger partial charge in [0.15, 0.2) is 0 Å². The number of nitrogens with one attached hydrogen (secondary N) is 2. The Morgan fingerprint density at radius 1 is 0.886 bits per heavy atom. The molecule has 0 aliphatic rings. The molecule has 3 N–H and O–H groups in total. The molecule has 3 aromatic carbocycles. The lowest BCUT2D eigenvalue weighted by molar-refractivity contribution is -0.147. The highest BCUT2D eigenvalue weighted by atomic mass is 16.6. The molecular formula is C36H47N3O5. The molecule has 0 bridgehead atoms. The third-order valence-corrected chi connectivity index (χ3v) is 7.75. The van der Waals surface area contributed by atoms with E-state index in [0.717, 1.165) is 22.3 Å². The van der Waals surface area contributed by atoms with E-state index in [1.54, 1.807) is 37.8 Å². The first-order chi connectivity index (χ1) is 20.5. The average Bonchev–Trinajstić information content (AvgIpc) is 2.92. The van der Waals surface area contributed by atoms with Crippen molar-refractivity contribution in [1.82, 2.24) is 10.2 Å². The Morgan fingerprint density at radius 3 is 2.09 bits per heavy atom. The first-order valence-corrected chi connectivity index (χ1v) is 15.1. The van der Waals surface area contributed by atoms with Gasteiger partial charge in [-0.3, -0.25) is 9.59 Å². The van der Waals surface area contributed by atoms with Crippen LogP contribution in [-0.4, -0.2) is 45.1 Å². The summed E-state index contributed by atoms with van der Waals surface area (Å²) >= 11 is 0. The molecule has 8 nitrogen and oxygen atoms in total. The van der Waals surface area contributed by atoms with Crippen molar-refractivity contribution in [2.45, 2.75) is 98.4 Å². The number of aromatic hydroxyl groups is 1. The molecule has 0 saturated carbocycles. The highest BCUT2D eigenvalue weighted by Crippen LogP contribution is 2.35. The van der Waals surface area contributed by atoms with Crippen LogP contribution in [0.2, 0.25) is 0 Å². The van der Waals surface area contributed by atoms with Gasteiger partial charge in [-0.25, -0.2) is 4.79 Å². The number of carbonyl (C=O) groups excluding carboxylic acids is 3. The van der Waals surface area contributed by atoms with Crippen molar-refractivity contribution in [3.8, 4) is 5.75 Å². The van der Waals surface area contributed by atoms with E-state index in [9.17, 15) is 19.5 Å². The zero-order valence-corrected chi connectivity index (χ0v) is 27.4. The summed E-state index contributed by atoms with van der Waals surface area (Å²) in [6, 6.07) is 17.7. The number of hydrogen-bond acceptors (Lipinski definition) is 5. The van der Waals surface area contributed by atoms with E-state index in [1.807, 2.05) is 84.0 Å². The lowest BCUT2D eigenvalue weighted by atomic mass is 9.89. The van der Waals surface area contributed by atoms with Gasteiger partial charge in [0, 0.05) is 17.6 Å². The Bertz CT molecular complexity index is 1470. The van der Waals surface area contributed by atoms with Crippen molar-refractivity contribution in [2.75, 3.05) is 5.32 Å². The highest BCUT2D eigenvalue weighted by molar-refractivity contribution is 6.00. The third-order valence-electron chi connectivity index (χ3n) is 7.75. The fraction of sp³-hybridized carbons (Fsp3) is 0.417. The van der Waals surface area contributed by atoms with Gasteiger partial charge in [0.05, 0.1) is 0 Å². The average molecular weight is 602 g/mol. The van der Waals surface area contributed by atoms with Crippen LogP contribution in [0.15, 0.2) is 66.7 Å². The molecule has 0 saturated heterocycles. The molecule has 0 aliphatic heterocycles. The second-order valence-corrected chi connectivity index (χ2v) is 13.0. The van der Waals surface area contributed by atoms with Crippen LogP contribution < -0.4 is 10.6 Å². The van der Waals surface area contributed by atoms with Crippen molar-refractivity contribution < 1.29 is 24.2 Å². The second-order valence-electron chi connectivity index (χ2n) is 13.0. The Morgan fingerprint density at radius 2 is 1.52 bits per heavy atom. The van der Waals surface area contributed by atoms with Crippen LogP contribution in [0, 0.1) is 20.8 Å². The molecule has 0 aliphatic carbocycles. The van der Waals surface area contributed by atoms with E-state index < -0.39 is 35.2 Å². The van der Waals surface area contributed by atoms with Gasteiger partial charge in [-0.1, -0.05) is 61.0 Å². The van der Waals surface area contributed by atoms with Gasteiger partial charge >= 0.3 is 6.09 Å². The van der Waals surface area contributed by atoms with Crippen LogP contribution in [0.4, 0.5) is 10.5 Å².